The number of carbonyl (C=O) groups excluding carboxylic acids is 1. The highest BCUT2D eigenvalue weighted by atomic mass is 16.4. The van der Waals surface area contributed by atoms with Gasteiger partial charge in [0.1, 0.15) is 0 Å². The van der Waals surface area contributed by atoms with E-state index in [0.29, 0.717) is 12.8 Å². The maximum atomic E-state index is 12.1. The lowest BCUT2D eigenvalue weighted by molar-refractivity contribution is -0.146. The van der Waals surface area contributed by atoms with Gasteiger partial charge in [0.2, 0.25) is 5.91 Å². The van der Waals surface area contributed by atoms with Crippen molar-refractivity contribution in [2.45, 2.75) is 63.4 Å². The Morgan fingerprint density at radius 3 is 2.20 bits per heavy atom. The normalized spacial score (nSPS) is 29.6. The van der Waals surface area contributed by atoms with E-state index in [9.17, 15) is 14.7 Å². The number of hydrogen-bond acceptors (Lipinski definition) is 3. The molecule has 0 saturated heterocycles. The number of carboxylic acids is 1. The molecule has 0 aromatic heterocycles. The van der Waals surface area contributed by atoms with Crippen LogP contribution in [0.25, 0.3) is 0 Å². The molecule has 0 aromatic carbocycles. The Bertz CT molecular complexity index is 361. The van der Waals surface area contributed by atoms with Gasteiger partial charge in [-0.05, 0) is 25.7 Å². The molecule has 3 N–H and O–H groups in total. The van der Waals surface area contributed by atoms with Crippen molar-refractivity contribution in [3.63, 3.8) is 0 Å². The van der Waals surface area contributed by atoms with E-state index in [-0.39, 0.29) is 12.5 Å². The van der Waals surface area contributed by atoms with E-state index in [1.165, 1.54) is 0 Å². The van der Waals surface area contributed by atoms with Crippen LogP contribution in [0.1, 0.15) is 57.8 Å². The van der Waals surface area contributed by atoms with Crippen molar-refractivity contribution in [3.8, 4) is 0 Å². The van der Waals surface area contributed by atoms with E-state index in [2.05, 4.69) is 5.32 Å². The number of hydrogen-bond donors (Lipinski definition) is 3. The van der Waals surface area contributed by atoms with E-state index in [1.807, 2.05) is 0 Å². The summed E-state index contributed by atoms with van der Waals surface area (Å²) in [4.78, 5) is 23.2. The standard InChI is InChI=1S/C15H25NO4/c17-13(11-6-5-7-12(11)14(18)19)16-10-15(20)8-3-1-2-4-9-15/h11-12,20H,1-10H2,(H,16,17)(H,18,19). The molecular weight excluding hydrogens is 258 g/mol. The summed E-state index contributed by atoms with van der Waals surface area (Å²) >= 11 is 0. The van der Waals surface area contributed by atoms with Crippen molar-refractivity contribution < 1.29 is 19.8 Å². The van der Waals surface area contributed by atoms with Crippen molar-refractivity contribution in [2.75, 3.05) is 6.54 Å². The van der Waals surface area contributed by atoms with Crippen LogP contribution in [0.4, 0.5) is 0 Å². The first kappa shape index (κ1) is 15.3. The van der Waals surface area contributed by atoms with E-state index >= 15 is 0 Å². The monoisotopic (exact) mass is 283 g/mol. The smallest absolute Gasteiger partial charge is 0.307 e. The largest absolute Gasteiger partial charge is 0.481 e. The van der Waals surface area contributed by atoms with Gasteiger partial charge < -0.3 is 15.5 Å². The molecule has 5 nitrogen and oxygen atoms in total. The van der Waals surface area contributed by atoms with Crippen LogP contribution in [0, 0.1) is 11.8 Å². The van der Waals surface area contributed by atoms with Crippen LogP contribution in [0.15, 0.2) is 0 Å². The van der Waals surface area contributed by atoms with Gasteiger partial charge in [-0.2, -0.15) is 0 Å². The molecule has 114 valence electrons. The molecule has 0 bridgehead atoms. The van der Waals surface area contributed by atoms with Crippen LogP contribution in [0.2, 0.25) is 0 Å². The first-order valence-electron chi connectivity index (χ1n) is 7.75. The third-order valence-corrected chi connectivity index (χ3v) is 4.80. The van der Waals surface area contributed by atoms with Gasteiger partial charge in [-0.3, -0.25) is 9.59 Å². The van der Waals surface area contributed by atoms with Crippen LogP contribution in [0.5, 0.6) is 0 Å². The first-order valence-corrected chi connectivity index (χ1v) is 7.75. The Hall–Kier alpha value is -1.10. The third kappa shape index (κ3) is 3.72. The number of rotatable bonds is 4. The Labute approximate surface area is 119 Å². The highest BCUT2D eigenvalue weighted by Gasteiger charge is 2.38. The van der Waals surface area contributed by atoms with Gasteiger partial charge in [-0.1, -0.05) is 32.1 Å². The van der Waals surface area contributed by atoms with Crippen LogP contribution in [-0.4, -0.2) is 34.2 Å². The van der Waals surface area contributed by atoms with Crippen LogP contribution in [0.3, 0.4) is 0 Å². The van der Waals surface area contributed by atoms with Crippen molar-refractivity contribution >= 4 is 11.9 Å². The van der Waals surface area contributed by atoms with Crippen molar-refractivity contribution in [1.29, 1.82) is 0 Å². The van der Waals surface area contributed by atoms with Gasteiger partial charge in [0, 0.05) is 6.54 Å². The molecule has 2 aliphatic rings. The van der Waals surface area contributed by atoms with Crippen LogP contribution in [-0.2, 0) is 9.59 Å². The van der Waals surface area contributed by atoms with E-state index in [1.54, 1.807) is 0 Å². The fourth-order valence-corrected chi connectivity index (χ4v) is 3.52. The molecule has 5 heteroatoms. The van der Waals surface area contributed by atoms with Gasteiger partial charge in [0.05, 0.1) is 17.4 Å². The average Bonchev–Trinajstić information content (AvgIpc) is 2.80. The first-order chi connectivity index (χ1) is 9.52. The number of amides is 1. The summed E-state index contributed by atoms with van der Waals surface area (Å²) in [6, 6.07) is 0. The molecule has 0 aromatic rings. The van der Waals surface area contributed by atoms with Crippen molar-refractivity contribution in [2.24, 2.45) is 11.8 Å². The van der Waals surface area contributed by atoms with Gasteiger partial charge in [-0.15, -0.1) is 0 Å². The lowest BCUT2D eigenvalue weighted by atomic mass is 9.92. The molecule has 0 spiro atoms. The van der Waals surface area contributed by atoms with Crippen molar-refractivity contribution in [1.82, 2.24) is 5.32 Å². The molecular formula is C15H25NO4. The maximum Gasteiger partial charge on any atom is 0.307 e. The van der Waals surface area contributed by atoms with Gasteiger partial charge in [-0.25, -0.2) is 0 Å². The second-order valence-corrected chi connectivity index (χ2v) is 6.34. The summed E-state index contributed by atoms with van der Waals surface area (Å²) in [5.74, 6) is -2.07. The van der Waals surface area contributed by atoms with Crippen LogP contribution < -0.4 is 5.32 Å². The predicted octanol–water partition coefficient (Wildman–Crippen LogP) is 1.69. The number of aliphatic carboxylic acids is 1. The van der Waals surface area contributed by atoms with E-state index < -0.39 is 23.4 Å². The summed E-state index contributed by atoms with van der Waals surface area (Å²) in [6.45, 7) is 0.259. The minimum atomic E-state index is -0.879. The Morgan fingerprint density at radius 2 is 1.60 bits per heavy atom. The Balaban J connectivity index is 1.86. The molecule has 2 atom stereocenters. The van der Waals surface area contributed by atoms with Gasteiger partial charge in [0.15, 0.2) is 0 Å². The van der Waals surface area contributed by atoms with Crippen molar-refractivity contribution in [3.05, 3.63) is 0 Å². The number of aliphatic hydroxyl groups is 1. The Morgan fingerprint density at radius 1 is 1.00 bits per heavy atom. The fourth-order valence-electron chi connectivity index (χ4n) is 3.52. The minimum Gasteiger partial charge on any atom is -0.481 e. The second kappa shape index (κ2) is 6.57. The molecule has 2 fully saturated rings. The fraction of sp³-hybridized carbons (Fsp3) is 0.867. The number of nitrogens with one attached hydrogen (secondary N) is 1. The topological polar surface area (TPSA) is 86.6 Å². The average molecular weight is 283 g/mol. The quantitative estimate of drug-likeness (QED) is 0.685. The zero-order valence-electron chi connectivity index (χ0n) is 11.9. The molecule has 0 aliphatic heterocycles. The van der Waals surface area contributed by atoms with Gasteiger partial charge >= 0.3 is 5.97 Å². The Kier molecular flexibility index (Phi) is 5.02. The van der Waals surface area contributed by atoms with E-state index in [4.69, 9.17) is 5.11 Å². The maximum absolute atomic E-state index is 12.1. The highest BCUT2D eigenvalue weighted by molar-refractivity contribution is 5.85. The molecule has 1 amide bonds. The summed E-state index contributed by atoms with van der Waals surface area (Å²) in [6.07, 6.45) is 7.72. The number of carbonyl (C=O) groups is 2. The summed E-state index contributed by atoms with van der Waals surface area (Å²) < 4.78 is 0. The third-order valence-electron chi connectivity index (χ3n) is 4.80. The predicted molar refractivity (Wildman–Crippen MR) is 74.1 cm³/mol. The molecule has 2 saturated carbocycles. The van der Waals surface area contributed by atoms with E-state index in [0.717, 1.165) is 44.9 Å². The second-order valence-electron chi connectivity index (χ2n) is 6.34. The lowest BCUT2D eigenvalue weighted by Gasteiger charge is -2.28. The molecule has 0 heterocycles. The summed E-state index contributed by atoms with van der Waals surface area (Å²) in [5.41, 5.74) is -0.802. The number of carboxylic acid groups (broad SMARTS) is 1. The molecule has 0 radical (unpaired) electrons. The molecule has 2 rings (SSSR count). The minimum absolute atomic E-state index is 0.201. The zero-order valence-corrected chi connectivity index (χ0v) is 11.9. The van der Waals surface area contributed by atoms with Gasteiger partial charge in [0.25, 0.3) is 0 Å². The SMILES string of the molecule is O=C(O)C1CCCC1C(=O)NCC1(O)CCCCCC1. The molecule has 2 aliphatic carbocycles. The zero-order chi connectivity index (χ0) is 14.6. The highest BCUT2D eigenvalue weighted by Crippen LogP contribution is 2.32. The molecule has 20 heavy (non-hydrogen) atoms. The summed E-state index contributed by atoms with van der Waals surface area (Å²) in [7, 11) is 0. The van der Waals surface area contributed by atoms with Crippen LogP contribution >= 0.6 is 0 Å². The summed E-state index contributed by atoms with van der Waals surface area (Å²) in [5, 5.41) is 22.4. The molecule has 2 unspecified atom stereocenters. The lowest BCUT2D eigenvalue weighted by Crippen LogP contribution is -2.45.